The topological polar surface area (TPSA) is 98.8 Å². The number of hydrogen-bond acceptors (Lipinski definition) is 6. The van der Waals surface area contributed by atoms with E-state index in [1.54, 1.807) is 12.1 Å². The minimum absolute atomic E-state index is 0.000813. The number of ether oxygens (including phenoxy) is 2. The van der Waals surface area contributed by atoms with Gasteiger partial charge in [-0.3, -0.25) is 4.79 Å². The maximum Gasteiger partial charge on any atom is 0.338 e. The highest BCUT2D eigenvalue weighted by Gasteiger charge is 2.30. The molecule has 1 N–H and O–H groups in total. The molecule has 7 nitrogen and oxygen atoms in total. The van der Waals surface area contributed by atoms with Crippen molar-refractivity contribution >= 4 is 33.4 Å². The number of benzene rings is 2. The van der Waals surface area contributed by atoms with Gasteiger partial charge in [0.25, 0.3) is 0 Å². The summed E-state index contributed by atoms with van der Waals surface area (Å²) in [5, 5.41) is 0.486. The molecule has 3 rings (SSSR count). The maximum atomic E-state index is 12.5. The smallest absolute Gasteiger partial charge is 0.338 e. The lowest BCUT2D eigenvalue weighted by atomic mass is 10.1. The van der Waals surface area contributed by atoms with E-state index in [9.17, 15) is 18.0 Å². The summed E-state index contributed by atoms with van der Waals surface area (Å²) in [6, 6.07) is 10.0. The number of rotatable bonds is 8. The molecule has 28 heavy (non-hydrogen) atoms. The number of sulfonamides is 1. The molecule has 0 bridgehead atoms. The molecule has 1 saturated carbocycles. The number of hydrogen-bond donors (Lipinski definition) is 1. The average molecular weight is 424 g/mol. The van der Waals surface area contributed by atoms with Crippen molar-refractivity contribution in [1.29, 1.82) is 0 Å². The zero-order valence-electron chi connectivity index (χ0n) is 15.0. The zero-order chi connectivity index (χ0) is 20.3. The first kappa shape index (κ1) is 20.3. The molecule has 1 aliphatic carbocycles. The molecule has 1 fully saturated rings. The van der Waals surface area contributed by atoms with E-state index in [0.29, 0.717) is 10.6 Å². The Labute approximate surface area is 167 Å². The number of methoxy groups -OCH3 is 1. The van der Waals surface area contributed by atoms with Gasteiger partial charge in [-0.1, -0.05) is 11.6 Å². The van der Waals surface area contributed by atoms with E-state index >= 15 is 0 Å². The van der Waals surface area contributed by atoms with Gasteiger partial charge in [-0.2, -0.15) is 0 Å². The molecule has 0 aliphatic heterocycles. The highest BCUT2D eigenvalue weighted by Crippen LogP contribution is 2.28. The summed E-state index contributed by atoms with van der Waals surface area (Å²) in [4.78, 5) is 24.2. The molecular weight excluding hydrogens is 406 g/mol. The van der Waals surface area contributed by atoms with Gasteiger partial charge in [0.05, 0.1) is 12.7 Å². The van der Waals surface area contributed by atoms with Crippen LogP contribution < -0.4 is 9.46 Å². The molecule has 0 unspecified atom stereocenters. The Morgan fingerprint density at radius 3 is 2.36 bits per heavy atom. The van der Waals surface area contributed by atoms with Gasteiger partial charge in [0, 0.05) is 16.6 Å². The van der Waals surface area contributed by atoms with E-state index in [2.05, 4.69) is 4.72 Å². The fraction of sp³-hybridized carbons (Fsp3) is 0.263. The van der Waals surface area contributed by atoms with Crippen LogP contribution in [-0.2, 0) is 14.8 Å². The normalized spacial score (nSPS) is 13.8. The quantitative estimate of drug-likeness (QED) is 0.517. The third-order valence-corrected chi connectivity index (χ3v) is 5.88. The van der Waals surface area contributed by atoms with Gasteiger partial charge in [0.2, 0.25) is 10.0 Å². The molecule has 0 radical (unpaired) electrons. The number of carbonyl (C=O) groups excluding carboxylic acids is 2. The lowest BCUT2D eigenvalue weighted by molar-refractivity contribution is 0.0474. The first-order valence-corrected chi connectivity index (χ1v) is 10.3. The highest BCUT2D eigenvalue weighted by molar-refractivity contribution is 7.89. The van der Waals surface area contributed by atoms with Crippen LogP contribution in [0, 0.1) is 0 Å². The lowest BCUT2D eigenvalue weighted by Gasteiger charge is -2.12. The second-order valence-corrected chi connectivity index (χ2v) is 8.39. The van der Waals surface area contributed by atoms with Gasteiger partial charge < -0.3 is 9.47 Å². The van der Waals surface area contributed by atoms with Crippen molar-refractivity contribution in [3.05, 3.63) is 58.6 Å². The molecule has 0 saturated heterocycles. The van der Waals surface area contributed by atoms with Crippen LogP contribution in [-0.4, -0.2) is 39.9 Å². The minimum Gasteiger partial charge on any atom is -0.495 e. The molecular formula is C19H18ClNO6S. The van der Waals surface area contributed by atoms with Crippen LogP contribution in [0.5, 0.6) is 5.75 Å². The monoisotopic (exact) mass is 423 g/mol. The summed E-state index contributed by atoms with van der Waals surface area (Å²) in [5.41, 5.74) is 0.352. The molecule has 2 aromatic carbocycles. The molecule has 2 aromatic rings. The van der Waals surface area contributed by atoms with Crippen molar-refractivity contribution in [1.82, 2.24) is 4.72 Å². The molecule has 0 amide bonds. The predicted molar refractivity (Wildman–Crippen MR) is 102 cm³/mol. The molecule has 1 aliphatic rings. The van der Waals surface area contributed by atoms with Crippen molar-refractivity contribution in [3.8, 4) is 5.75 Å². The lowest BCUT2D eigenvalue weighted by Crippen LogP contribution is -2.26. The third kappa shape index (κ3) is 4.89. The van der Waals surface area contributed by atoms with E-state index in [1.165, 1.54) is 37.4 Å². The number of carbonyl (C=O) groups is 2. The SMILES string of the molecule is COc1ccc(C(=O)OCC(=O)c2ccc(Cl)cc2)cc1S(=O)(=O)NC1CC1. The van der Waals surface area contributed by atoms with Gasteiger partial charge in [0.15, 0.2) is 12.4 Å². The van der Waals surface area contributed by atoms with Crippen molar-refractivity contribution in [2.45, 2.75) is 23.8 Å². The van der Waals surface area contributed by atoms with Gasteiger partial charge in [-0.25, -0.2) is 17.9 Å². The maximum absolute atomic E-state index is 12.5. The fourth-order valence-corrected chi connectivity index (χ4v) is 4.06. The first-order chi connectivity index (χ1) is 13.3. The number of Topliss-reactive ketones (excluding diaryl/α,β-unsaturated/α-hetero) is 1. The predicted octanol–water partition coefficient (Wildman–Crippen LogP) is 2.83. The number of ketones is 1. The summed E-state index contributed by atoms with van der Waals surface area (Å²) in [5.74, 6) is -1.10. The van der Waals surface area contributed by atoms with Gasteiger partial charge in [-0.15, -0.1) is 0 Å². The summed E-state index contributed by atoms with van der Waals surface area (Å²) in [6.07, 6.45) is 1.55. The first-order valence-electron chi connectivity index (χ1n) is 8.46. The Morgan fingerprint density at radius 2 is 1.75 bits per heavy atom. The summed E-state index contributed by atoms with van der Waals surface area (Å²) >= 11 is 5.77. The van der Waals surface area contributed by atoms with E-state index in [1.807, 2.05) is 0 Å². The van der Waals surface area contributed by atoms with E-state index in [4.69, 9.17) is 21.1 Å². The Morgan fingerprint density at radius 1 is 1.11 bits per heavy atom. The van der Waals surface area contributed by atoms with Gasteiger partial charge in [-0.05, 0) is 55.3 Å². The highest BCUT2D eigenvalue weighted by atomic mass is 35.5. The van der Waals surface area contributed by atoms with E-state index in [0.717, 1.165) is 12.8 Å². The van der Waals surface area contributed by atoms with Crippen molar-refractivity contribution in [3.63, 3.8) is 0 Å². The number of halogens is 1. The second-order valence-electron chi connectivity index (χ2n) is 6.27. The van der Waals surface area contributed by atoms with Crippen LogP contribution in [0.4, 0.5) is 0 Å². The summed E-state index contributed by atoms with van der Waals surface area (Å²) in [6.45, 7) is -0.477. The average Bonchev–Trinajstić information content (AvgIpc) is 3.49. The molecule has 148 valence electrons. The minimum atomic E-state index is -3.84. The molecule has 9 heteroatoms. The largest absolute Gasteiger partial charge is 0.495 e. The van der Waals surface area contributed by atoms with Crippen molar-refractivity contribution in [2.24, 2.45) is 0 Å². The Bertz CT molecular complexity index is 1000. The van der Waals surface area contributed by atoms with E-state index in [-0.39, 0.29) is 22.3 Å². The molecule has 0 spiro atoms. The molecule has 0 atom stereocenters. The standard InChI is InChI=1S/C19H18ClNO6S/c1-26-17-9-4-13(10-18(17)28(24,25)21-15-7-8-15)19(23)27-11-16(22)12-2-5-14(20)6-3-12/h2-6,9-10,15,21H,7-8,11H2,1H3. The Kier molecular flexibility index (Phi) is 6.02. The summed E-state index contributed by atoms with van der Waals surface area (Å²) < 4.78 is 37.7. The fourth-order valence-electron chi connectivity index (χ4n) is 2.43. The van der Waals surface area contributed by atoms with Crippen LogP contribution in [0.2, 0.25) is 5.02 Å². The summed E-state index contributed by atoms with van der Waals surface area (Å²) in [7, 11) is -2.49. The van der Waals surface area contributed by atoms with Crippen molar-refractivity contribution < 1.29 is 27.5 Å². The molecule has 0 aromatic heterocycles. The van der Waals surface area contributed by atoms with Gasteiger partial charge in [0.1, 0.15) is 10.6 Å². The second kappa shape index (κ2) is 8.30. The van der Waals surface area contributed by atoms with Crippen LogP contribution in [0.3, 0.4) is 0 Å². The van der Waals surface area contributed by atoms with Crippen molar-refractivity contribution in [2.75, 3.05) is 13.7 Å². The van der Waals surface area contributed by atoms with Crippen LogP contribution in [0.25, 0.3) is 0 Å². The van der Waals surface area contributed by atoms with E-state index < -0.39 is 28.4 Å². The zero-order valence-corrected chi connectivity index (χ0v) is 16.5. The van der Waals surface area contributed by atoms with Crippen LogP contribution in [0.1, 0.15) is 33.6 Å². The van der Waals surface area contributed by atoms with Crippen LogP contribution in [0.15, 0.2) is 47.4 Å². The van der Waals surface area contributed by atoms with Crippen LogP contribution >= 0.6 is 11.6 Å². The molecule has 0 heterocycles. The Hall–Kier alpha value is -2.42. The van der Waals surface area contributed by atoms with Gasteiger partial charge >= 0.3 is 5.97 Å². The Balaban J connectivity index is 1.73. The number of esters is 1. The third-order valence-electron chi connectivity index (χ3n) is 4.09. The number of nitrogens with one attached hydrogen (secondary N) is 1.